The first kappa shape index (κ1) is 30.1. The van der Waals surface area contributed by atoms with Crippen molar-refractivity contribution in [2.45, 2.75) is 55.7 Å². The van der Waals surface area contributed by atoms with Crippen LogP contribution in [0.15, 0.2) is 101 Å². The maximum absolute atomic E-state index is 13.3. The molecular weight excluding hydrogens is 609 g/mol. The number of hydrogen-bond acceptors (Lipinski definition) is 5. The molecule has 0 aliphatic heterocycles. The van der Waals surface area contributed by atoms with Crippen molar-refractivity contribution in [3.63, 3.8) is 0 Å². The number of rotatable bonds is 8. The average molecular weight is 641 g/mol. The molecule has 222 valence electrons. The van der Waals surface area contributed by atoms with Gasteiger partial charge >= 0.3 is 0 Å². The van der Waals surface area contributed by atoms with Crippen LogP contribution in [0.5, 0.6) is 0 Å². The number of benzene rings is 3. The summed E-state index contributed by atoms with van der Waals surface area (Å²) in [6, 6.07) is 27.7. The molecule has 0 radical (unpaired) electrons. The third kappa shape index (κ3) is 6.46. The SMILES string of the molecule is Cc1ccc(-n2nc(C(C)(C)C)cc2CC(=O)Cc2ccc(Sc3ccc4nnc(-c5c(Cl)cccc5Cl)n4c3)cc2)cc1. The fourth-order valence-corrected chi connectivity index (χ4v) is 6.34. The Morgan fingerprint density at radius 1 is 0.841 bits per heavy atom. The second kappa shape index (κ2) is 12.2. The second-order valence-electron chi connectivity index (χ2n) is 11.9. The quantitative estimate of drug-likeness (QED) is 0.166. The molecule has 0 amide bonds. The maximum atomic E-state index is 13.3. The molecule has 0 aliphatic carbocycles. The van der Waals surface area contributed by atoms with Crippen molar-refractivity contribution in [2.24, 2.45) is 0 Å². The molecule has 9 heteroatoms. The summed E-state index contributed by atoms with van der Waals surface area (Å²) < 4.78 is 3.81. The summed E-state index contributed by atoms with van der Waals surface area (Å²) in [4.78, 5) is 15.3. The fourth-order valence-electron chi connectivity index (χ4n) is 4.94. The van der Waals surface area contributed by atoms with E-state index >= 15 is 0 Å². The van der Waals surface area contributed by atoms with E-state index in [1.54, 1.807) is 30.0 Å². The molecule has 6 aromatic rings. The zero-order valence-electron chi connectivity index (χ0n) is 24.9. The van der Waals surface area contributed by atoms with Crippen LogP contribution < -0.4 is 0 Å². The molecule has 44 heavy (non-hydrogen) atoms. The molecule has 0 fully saturated rings. The van der Waals surface area contributed by atoms with E-state index in [0.717, 1.165) is 32.4 Å². The Kier molecular flexibility index (Phi) is 8.38. The summed E-state index contributed by atoms with van der Waals surface area (Å²) in [5.41, 5.74) is 6.21. The van der Waals surface area contributed by atoms with Gasteiger partial charge in [0.25, 0.3) is 0 Å². The van der Waals surface area contributed by atoms with Crippen LogP contribution in [-0.4, -0.2) is 30.2 Å². The molecule has 0 N–H and O–H groups in total. The number of carbonyl (C=O) groups is 1. The van der Waals surface area contributed by atoms with Gasteiger partial charge in [-0.3, -0.25) is 9.20 Å². The first-order chi connectivity index (χ1) is 21.0. The molecule has 0 atom stereocenters. The molecule has 6 rings (SSSR count). The Labute approximate surface area is 271 Å². The van der Waals surface area contributed by atoms with E-state index < -0.39 is 0 Å². The second-order valence-corrected chi connectivity index (χ2v) is 13.8. The van der Waals surface area contributed by atoms with Crippen LogP contribution >= 0.6 is 35.0 Å². The molecule has 0 aliphatic rings. The van der Waals surface area contributed by atoms with E-state index in [0.29, 0.717) is 39.9 Å². The van der Waals surface area contributed by atoms with Crippen molar-refractivity contribution in [1.29, 1.82) is 0 Å². The monoisotopic (exact) mass is 639 g/mol. The van der Waals surface area contributed by atoms with Gasteiger partial charge < -0.3 is 0 Å². The van der Waals surface area contributed by atoms with Crippen molar-refractivity contribution < 1.29 is 4.79 Å². The molecule has 6 nitrogen and oxygen atoms in total. The largest absolute Gasteiger partial charge is 0.299 e. The van der Waals surface area contributed by atoms with Gasteiger partial charge in [-0.1, -0.05) is 91.6 Å². The molecule has 0 spiro atoms. The Balaban J connectivity index is 1.17. The Morgan fingerprint density at radius 3 is 2.20 bits per heavy atom. The number of aryl methyl sites for hydroxylation is 1. The van der Waals surface area contributed by atoms with E-state index in [4.69, 9.17) is 28.3 Å². The maximum Gasteiger partial charge on any atom is 0.171 e. The number of fused-ring (bicyclic) bond motifs is 1. The first-order valence-electron chi connectivity index (χ1n) is 14.3. The van der Waals surface area contributed by atoms with Gasteiger partial charge in [0, 0.05) is 34.2 Å². The van der Waals surface area contributed by atoms with Crippen molar-refractivity contribution >= 4 is 46.4 Å². The molecular formula is C35H31Cl2N5OS. The van der Waals surface area contributed by atoms with Gasteiger partial charge in [-0.2, -0.15) is 5.10 Å². The summed E-state index contributed by atoms with van der Waals surface area (Å²) in [7, 11) is 0. The highest BCUT2D eigenvalue weighted by molar-refractivity contribution is 7.99. The van der Waals surface area contributed by atoms with Crippen LogP contribution in [-0.2, 0) is 23.1 Å². The van der Waals surface area contributed by atoms with Crippen LogP contribution in [0, 0.1) is 6.92 Å². The molecule has 0 saturated carbocycles. The highest BCUT2D eigenvalue weighted by atomic mass is 35.5. The first-order valence-corrected chi connectivity index (χ1v) is 15.9. The number of hydrogen-bond donors (Lipinski definition) is 0. The third-order valence-electron chi connectivity index (χ3n) is 7.33. The summed E-state index contributed by atoms with van der Waals surface area (Å²) in [5, 5.41) is 14.5. The van der Waals surface area contributed by atoms with Gasteiger partial charge in [-0.25, -0.2) is 4.68 Å². The number of halogens is 2. The van der Waals surface area contributed by atoms with E-state index in [2.05, 4.69) is 56.1 Å². The van der Waals surface area contributed by atoms with Gasteiger partial charge in [-0.05, 0) is 67.1 Å². The minimum atomic E-state index is -0.122. The van der Waals surface area contributed by atoms with Gasteiger partial charge in [-0.15, -0.1) is 10.2 Å². The van der Waals surface area contributed by atoms with E-state index in [9.17, 15) is 4.79 Å². The van der Waals surface area contributed by atoms with Crippen molar-refractivity contribution in [2.75, 3.05) is 0 Å². The Hall–Kier alpha value is -3.91. The minimum Gasteiger partial charge on any atom is -0.299 e. The molecule has 0 bridgehead atoms. The lowest BCUT2D eigenvalue weighted by atomic mass is 9.92. The highest BCUT2D eigenvalue weighted by Crippen LogP contribution is 2.35. The lowest BCUT2D eigenvalue weighted by Crippen LogP contribution is -2.13. The smallest absolute Gasteiger partial charge is 0.171 e. The number of ketones is 1. The van der Waals surface area contributed by atoms with Crippen LogP contribution in [0.25, 0.3) is 22.7 Å². The fraction of sp³-hybridized carbons (Fsp3) is 0.200. The normalized spacial score (nSPS) is 11.8. The van der Waals surface area contributed by atoms with Crippen molar-refractivity contribution in [3.05, 3.63) is 124 Å². The topological polar surface area (TPSA) is 65.1 Å². The average Bonchev–Trinajstić information content (AvgIpc) is 3.59. The molecule has 0 saturated heterocycles. The van der Waals surface area contributed by atoms with Crippen molar-refractivity contribution in [3.8, 4) is 17.1 Å². The summed E-state index contributed by atoms with van der Waals surface area (Å²) in [5.74, 6) is 0.730. The molecule has 3 aromatic carbocycles. The van der Waals surface area contributed by atoms with E-state index in [1.165, 1.54) is 5.56 Å². The Bertz CT molecular complexity index is 1950. The van der Waals surface area contributed by atoms with Gasteiger partial charge in [0.05, 0.1) is 32.7 Å². The predicted molar refractivity (Wildman–Crippen MR) is 178 cm³/mol. The van der Waals surface area contributed by atoms with Gasteiger partial charge in [0.2, 0.25) is 0 Å². The van der Waals surface area contributed by atoms with Crippen LogP contribution in [0.3, 0.4) is 0 Å². The Morgan fingerprint density at radius 2 is 1.52 bits per heavy atom. The predicted octanol–water partition coefficient (Wildman–Crippen LogP) is 9.00. The lowest BCUT2D eigenvalue weighted by Gasteiger charge is -2.14. The summed E-state index contributed by atoms with van der Waals surface area (Å²) >= 11 is 14.5. The van der Waals surface area contributed by atoms with Gasteiger partial charge in [0.15, 0.2) is 11.5 Å². The summed E-state index contributed by atoms with van der Waals surface area (Å²) in [6.07, 6.45) is 2.64. The number of carbonyl (C=O) groups excluding carboxylic acids is 1. The number of pyridine rings is 1. The van der Waals surface area contributed by atoms with Crippen LogP contribution in [0.1, 0.15) is 43.3 Å². The lowest BCUT2D eigenvalue weighted by molar-refractivity contribution is -0.117. The molecule has 3 heterocycles. The zero-order chi connectivity index (χ0) is 31.0. The minimum absolute atomic E-state index is 0.122. The highest BCUT2D eigenvalue weighted by Gasteiger charge is 2.22. The van der Waals surface area contributed by atoms with Gasteiger partial charge in [0.1, 0.15) is 5.78 Å². The standard InChI is InChI=1S/C35H31Cl2N5OS/c1-22-8-12-24(13-9-22)42-25(20-31(40-42)35(2,3)4)19-26(43)18-23-10-14-27(15-11-23)44-28-16-17-32-38-39-34(41(32)21-28)33-29(36)6-5-7-30(33)37/h5-17,20-21H,18-19H2,1-4H3. The van der Waals surface area contributed by atoms with Crippen molar-refractivity contribution in [1.82, 2.24) is 24.4 Å². The summed E-state index contributed by atoms with van der Waals surface area (Å²) in [6.45, 7) is 8.47. The molecule has 0 unspecified atom stereocenters. The number of nitrogens with zero attached hydrogens (tertiary/aromatic N) is 5. The van der Waals surface area contributed by atoms with Crippen LogP contribution in [0.4, 0.5) is 0 Å². The number of aromatic nitrogens is 5. The third-order valence-corrected chi connectivity index (χ3v) is 8.95. The van der Waals surface area contributed by atoms with E-state index in [-0.39, 0.29) is 11.2 Å². The van der Waals surface area contributed by atoms with E-state index in [1.807, 2.05) is 63.8 Å². The zero-order valence-corrected chi connectivity index (χ0v) is 27.2. The molecule has 3 aromatic heterocycles. The number of Topliss-reactive ketones (excluding diaryl/α,β-unsaturated/α-hetero) is 1. The van der Waals surface area contributed by atoms with Crippen LogP contribution in [0.2, 0.25) is 10.0 Å².